The van der Waals surface area contributed by atoms with Gasteiger partial charge in [-0.3, -0.25) is 8.70 Å². The summed E-state index contributed by atoms with van der Waals surface area (Å²) in [5, 5.41) is 1.76. The number of nitrogens with zero attached hydrogens (tertiary/aromatic N) is 1. The normalized spacial score (nSPS) is 11.8. The third kappa shape index (κ3) is 3.41. The van der Waals surface area contributed by atoms with E-state index in [0.29, 0.717) is 5.00 Å². The average Bonchev–Trinajstić information content (AvgIpc) is 3.00. The molecule has 0 saturated carbocycles. The minimum atomic E-state index is -3.73. The van der Waals surface area contributed by atoms with Crippen molar-refractivity contribution in [3.05, 3.63) is 60.2 Å². The number of alkyl halides is 1. The molecule has 0 aliphatic heterocycles. The molecule has 0 radical (unpaired) electrons. The number of anilines is 1. The maximum absolute atomic E-state index is 13.2. The fourth-order valence-electron chi connectivity index (χ4n) is 2.88. The Bertz CT molecular complexity index is 952. The van der Waals surface area contributed by atoms with Crippen molar-refractivity contribution in [1.82, 2.24) is 0 Å². The molecule has 0 N–H and O–H groups in total. The third-order valence-corrected chi connectivity index (χ3v) is 7.25. The van der Waals surface area contributed by atoms with Crippen molar-refractivity contribution in [2.45, 2.75) is 24.7 Å². The van der Waals surface area contributed by atoms with E-state index in [1.54, 1.807) is 30.3 Å². The summed E-state index contributed by atoms with van der Waals surface area (Å²) in [6.07, 6.45) is 0.888. The van der Waals surface area contributed by atoms with Crippen LogP contribution in [0, 0.1) is 0 Å². The lowest BCUT2D eigenvalue weighted by atomic mass is 10.1. The zero-order valence-corrected chi connectivity index (χ0v) is 15.6. The molecule has 0 spiro atoms. The molecule has 0 unspecified atom stereocenters. The lowest BCUT2D eigenvalue weighted by Crippen LogP contribution is -2.32. The first-order valence-electron chi connectivity index (χ1n) is 8.23. The molecule has 0 atom stereocenters. The van der Waals surface area contributed by atoms with Gasteiger partial charge in [-0.2, -0.15) is 0 Å². The van der Waals surface area contributed by atoms with Crippen LogP contribution >= 0.6 is 11.3 Å². The van der Waals surface area contributed by atoms with Crippen molar-refractivity contribution in [1.29, 1.82) is 0 Å². The fraction of sp³-hybridized carbons (Fsp3) is 0.263. The van der Waals surface area contributed by atoms with Crippen LogP contribution in [0.2, 0.25) is 0 Å². The second-order valence-corrected chi connectivity index (χ2v) is 8.56. The molecule has 1 heterocycles. The molecule has 6 heteroatoms. The molecule has 1 aromatic heterocycles. The summed E-state index contributed by atoms with van der Waals surface area (Å²) in [6, 6.07) is 16.2. The van der Waals surface area contributed by atoms with Gasteiger partial charge in [0.15, 0.2) is 0 Å². The first-order chi connectivity index (χ1) is 12.1. The van der Waals surface area contributed by atoms with E-state index >= 15 is 0 Å². The van der Waals surface area contributed by atoms with Gasteiger partial charge in [-0.15, -0.1) is 11.3 Å². The van der Waals surface area contributed by atoms with Crippen LogP contribution in [0.5, 0.6) is 0 Å². The Morgan fingerprint density at radius 3 is 2.40 bits per heavy atom. The summed E-state index contributed by atoms with van der Waals surface area (Å²) in [5.41, 5.74) is 0.999. The van der Waals surface area contributed by atoms with Crippen LogP contribution in [0.3, 0.4) is 0 Å². The summed E-state index contributed by atoms with van der Waals surface area (Å²) in [5.74, 6) is 0. The molecule has 0 bridgehead atoms. The van der Waals surface area contributed by atoms with Crippen LogP contribution in [0.15, 0.2) is 59.5 Å². The van der Waals surface area contributed by atoms with Gasteiger partial charge in [-0.1, -0.05) is 43.3 Å². The van der Waals surface area contributed by atoms with E-state index in [1.165, 1.54) is 15.6 Å². The number of hydrogen-bond donors (Lipinski definition) is 0. The van der Waals surface area contributed by atoms with Gasteiger partial charge in [0.25, 0.3) is 10.0 Å². The third-order valence-electron chi connectivity index (χ3n) is 4.08. The van der Waals surface area contributed by atoms with Gasteiger partial charge >= 0.3 is 0 Å². The van der Waals surface area contributed by atoms with Gasteiger partial charge in [0.05, 0.1) is 11.6 Å². The number of thiophene rings is 1. The topological polar surface area (TPSA) is 37.4 Å². The standard InChI is InChI=1S/C19H20FNO2S2/c1-2-16-17-11-6-7-12-18(17)24-19(16)21(14-8-13-20)25(22,23)15-9-4-3-5-10-15/h3-7,9-12H,2,8,13-14H2,1H3. The van der Waals surface area contributed by atoms with Crippen molar-refractivity contribution >= 4 is 36.4 Å². The van der Waals surface area contributed by atoms with Crippen LogP contribution in [-0.4, -0.2) is 21.6 Å². The molecule has 0 amide bonds. The zero-order chi connectivity index (χ0) is 17.9. The molecule has 3 aromatic rings. The highest BCUT2D eigenvalue weighted by atomic mass is 32.2. The highest BCUT2D eigenvalue weighted by molar-refractivity contribution is 7.93. The lowest BCUT2D eigenvalue weighted by Gasteiger charge is -2.24. The highest BCUT2D eigenvalue weighted by Crippen LogP contribution is 2.40. The smallest absolute Gasteiger partial charge is 0.257 e. The van der Waals surface area contributed by atoms with Crippen LogP contribution in [-0.2, 0) is 16.4 Å². The van der Waals surface area contributed by atoms with Gasteiger partial charge in [0.2, 0.25) is 0 Å². The van der Waals surface area contributed by atoms with Gasteiger partial charge in [0.1, 0.15) is 5.00 Å². The Kier molecular flexibility index (Phi) is 5.39. The minimum absolute atomic E-state index is 0.132. The maximum atomic E-state index is 13.2. The van der Waals surface area contributed by atoms with E-state index in [1.807, 2.05) is 31.2 Å². The van der Waals surface area contributed by atoms with E-state index < -0.39 is 16.7 Å². The predicted octanol–water partition coefficient (Wildman–Crippen LogP) is 5.02. The summed E-state index contributed by atoms with van der Waals surface area (Å²) in [6.45, 7) is 1.60. The van der Waals surface area contributed by atoms with Crippen molar-refractivity contribution in [2.75, 3.05) is 17.5 Å². The fourth-order valence-corrected chi connectivity index (χ4v) is 5.97. The molecule has 3 nitrogen and oxygen atoms in total. The number of rotatable bonds is 7. The Morgan fingerprint density at radius 1 is 1.04 bits per heavy atom. The second kappa shape index (κ2) is 7.54. The Labute approximate surface area is 151 Å². The van der Waals surface area contributed by atoms with Gasteiger partial charge in [-0.25, -0.2) is 8.42 Å². The summed E-state index contributed by atoms with van der Waals surface area (Å²) in [4.78, 5) is 0.230. The zero-order valence-electron chi connectivity index (χ0n) is 14.0. The molecular weight excluding hydrogens is 357 g/mol. The Balaban J connectivity index is 2.17. The van der Waals surface area contributed by atoms with Crippen molar-refractivity contribution in [3.63, 3.8) is 0 Å². The van der Waals surface area contributed by atoms with Crippen LogP contribution < -0.4 is 4.31 Å². The van der Waals surface area contributed by atoms with Gasteiger partial charge in [0, 0.05) is 11.2 Å². The lowest BCUT2D eigenvalue weighted by molar-refractivity contribution is 0.476. The number of aryl methyl sites for hydroxylation is 1. The van der Waals surface area contributed by atoms with E-state index in [4.69, 9.17) is 0 Å². The largest absolute Gasteiger partial charge is 0.264 e. The molecule has 25 heavy (non-hydrogen) atoms. The molecular formula is C19H20FNO2S2. The van der Waals surface area contributed by atoms with Crippen molar-refractivity contribution in [3.8, 4) is 0 Å². The monoisotopic (exact) mass is 377 g/mol. The van der Waals surface area contributed by atoms with Crippen LogP contribution in [0.25, 0.3) is 10.1 Å². The van der Waals surface area contributed by atoms with Crippen molar-refractivity contribution < 1.29 is 12.8 Å². The minimum Gasteiger partial charge on any atom is -0.257 e. The number of sulfonamides is 1. The van der Waals surface area contributed by atoms with E-state index in [-0.39, 0.29) is 17.9 Å². The predicted molar refractivity (Wildman–Crippen MR) is 103 cm³/mol. The summed E-state index contributed by atoms with van der Waals surface area (Å²) < 4.78 is 41.6. The van der Waals surface area contributed by atoms with Crippen LogP contribution in [0.1, 0.15) is 18.9 Å². The molecule has 0 fully saturated rings. The summed E-state index contributed by atoms with van der Waals surface area (Å²) >= 11 is 1.45. The average molecular weight is 378 g/mol. The molecule has 132 valence electrons. The number of benzene rings is 2. The molecule has 2 aromatic carbocycles. The van der Waals surface area contributed by atoms with Crippen molar-refractivity contribution in [2.24, 2.45) is 0 Å². The maximum Gasteiger partial charge on any atom is 0.264 e. The SMILES string of the molecule is CCc1c(N(CCCF)S(=O)(=O)c2ccccc2)sc2ccccc12. The van der Waals surface area contributed by atoms with Gasteiger partial charge < -0.3 is 0 Å². The van der Waals surface area contributed by atoms with Gasteiger partial charge in [-0.05, 0) is 42.0 Å². The summed E-state index contributed by atoms with van der Waals surface area (Å²) in [7, 11) is -3.73. The Morgan fingerprint density at radius 2 is 1.72 bits per heavy atom. The van der Waals surface area contributed by atoms with E-state index in [0.717, 1.165) is 22.1 Å². The first-order valence-corrected chi connectivity index (χ1v) is 10.5. The second-order valence-electron chi connectivity index (χ2n) is 5.67. The molecule has 0 aliphatic rings. The molecule has 3 rings (SSSR count). The van der Waals surface area contributed by atoms with E-state index in [2.05, 4.69) is 0 Å². The van der Waals surface area contributed by atoms with Crippen LogP contribution in [0.4, 0.5) is 9.39 Å². The van der Waals surface area contributed by atoms with E-state index in [9.17, 15) is 12.8 Å². The molecule has 0 aliphatic carbocycles. The highest BCUT2D eigenvalue weighted by Gasteiger charge is 2.28. The quantitative estimate of drug-likeness (QED) is 0.580. The number of fused-ring (bicyclic) bond motifs is 1. The Hall–Kier alpha value is -1.92. The number of halogens is 1. The molecule has 0 saturated heterocycles. The first kappa shape index (κ1) is 17.9. The number of hydrogen-bond acceptors (Lipinski definition) is 3.